The van der Waals surface area contributed by atoms with Gasteiger partial charge in [-0.05, 0) is 25.1 Å². The largest absolute Gasteiger partial charge is 0.480 e. The number of carboxylic acids is 1. The molecule has 10 heteroatoms. The summed E-state index contributed by atoms with van der Waals surface area (Å²) in [6.45, 7) is 0.950. The van der Waals surface area contributed by atoms with Crippen molar-refractivity contribution in [2.75, 3.05) is 0 Å². The number of hydrogen-bond donors (Lipinski definition) is 2. The maximum Gasteiger partial charge on any atom is 0.416 e. The van der Waals surface area contributed by atoms with Crippen molar-refractivity contribution in [1.82, 2.24) is 4.72 Å². The normalized spacial score (nSPS) is 14.1. The van der Waals surface area contributed by atoms with Gasteiger partial charge in [0.05, 0.1) is 5.56 Å². The van der Waals surface area contributed by atoms with Gasteiger partial charge in [-0.2, -0.15) is 17.9 Å². The smallest absolute Gasteiger partial charge is 0.416 e. The van der Waals surface area contributed by atoms with Gasteiger partial charge in [-0.1, -0.05) is 0 Å². The van der Waals surface area contributed by atoms with Crippen LogP contribution >= 0.6 is 0 Å². The van der Waals surface area contributed by atoms with Gasteiger partial charge in [-0.3, -0.25) is 4.79 Å². The van der Waals surface area contributed by atoms with E-state index in [9.17, 15) is 30.8 Å². The number of aliphatic carboxylic acids is 1. The van der Waals surface area contributed by atoms with Crippen molar-refractivity contribution in [3.8, 4) is 0 Å². The lowest BCUT2D eigenvalue weighted by molar-refractivity contribution is -0.139. The second-order valence-electron chi connectivity index (χ2n) is 3.82. The molecule has 0 heterocycles. The number of halogens is 4. The zero-order chi connectivity index (χ0) is 15.7. The van der Waals surface area contributed by atoms with Crippen LogP contribution in [-0.4, -0.2) is 25.5 Å². The van der Waals surface area contributed by atoms with Crippen molar-refractivity contribution >= 4 is 16.0 Å². The van der Waals surface area contributed by atoms with E-state index in [4.69, 9.17) is 5.11 Å². The van der Waals surface area contributed by atoms with Crippen LogP contribution in [0.2, 0.25) is 0 Å². The molecule has 0 radical (unpaired) electrons. The van der Waals surface area contributed by atoms with Crippen molar-refractivity contribution in [2.45, 2.75) is 24.0 Å². The molecular formula is C10H9F4NO4S. The summed E-state index contributed by atoms with van der Waals surface area (Å²) in [4.78, 5) is 9.26. The molecule has 1 aromatic rings. The van der Waals surface area contributed by atoms with Crippen LogP contribution in [0.15, 0.2) is 23.1 Å². The summed E-state index contributed by atoms with van der Waals surface area (Å²) in [7, 11) is -4.72. The van der Waals surface area contributed by atoms with Gasteiger partial charge in [0.25, 0.3) is 0 Å². The van der Waals surface area contributed by atoms with Crippen molar-refractivity contribution in [2.24, 2.45) is 0 Å². The Kier molecular flexibility index (Phi) is 4.39. The first-order chi connectivity index (χ1) is 8.95. The Morgan fingerprint density at radius 3 is 2.35 bits per heavy atom. The summed E-state index contributed by atoms with van der Waals surface area (Å²) in [6.07, 6.45) is -4.85. The molecule has 0 bridgehead atoms. The van der Waals surface area contributed by atoms with Gasteiger partial charge in [0.1, 0.15) is 16.8 Å². The van der Waals surface area contributed by atoms with Crippen molar-refractivity contribution in [1.29, 1.82) is 0 Å². The highest BCUT2D eigenvalue weighted by Crippen LogP contribution is 2.31. The van der Waals surface area contributed by atoms with Crippen LogP contribution in [0.5, 0.6) is 0 Å². The van der Waals surface area contributed by atoms with Gasteiger partial charge in [0.15, 0.2) is 0 Å². The summed E-state index contributed by atoms with van der Waals surface area (Å²) in [5, 5.41) is 8.54. The Labute approximate surface area is 111 Å². The maximum absolute atomic E-state index is 13.4. The SMILES string of the molecule is CC(NS(=O)(=O)c1cc(C(F)(F)F)ccc1F)C(=O)O. The first-order valence-electron chi connectivity index (χ1n) is 5.07. The van der Waals surface area contributed by atoms with E-state index < -0.39 is 44.5 Å². The van der Waals surface area contributed by atoms with Crippen molar-refractivity contribution in [3.05, 3.63) is 29.6 Å². The van der Waals surface area contributed by atoms with Crippen molar-refractivity contribution in [3.63, 3.8) is 0 Å². The van der Waals surface area contributed by atoms with Crippen LogP contribution in [-0.2, 0) is 21.0 Å². The molecule has 0 aliphatic heterocycles. The number of sulfonamides is 1. The Balaban J connectivity index is 3.28. The fourth-order valence-electron chi connectivity index (χ4n) is 1.23. The molecule has 5 nitrogen and oxygen atoms in total. The molecule has 0 aliphatic rings. The fraction of sp³-hybridized carbons (Fsp3) is 0.300. The summed E-state index contributed by atoms with van der Waals surface area (Å²) >= 11 is 0. The number of benzene rings is 1. The summed E-state index contributed by atoms with van der Waals surface area (Å²) < 4.78 is 75.6. The van der Waals surface area contributed by atoms with Crippen LogP contribution < -0.4 is 4.72 Å². The Hall–Kier alpha value is -1.68. The zero-order valence-corrected chi connectivity index (χ0v) is 10.7. The lowest BCUT2D eigenvalue weighted by Gasteiger charge is -2.13. The highest BCUT2D eigenvalue weighted by molar-refractivity contribution is 7.89. The molecule has 0 fully saturated rings. The van der Waals surface area contributed by atoms with E-state index in [-0.39, 0.29) is 6.07 Å². The molecule has 20 heavy (non-hydrogen) atoms. The zero-order valence-electron chi connectivity index (χ0n) is 9.90. The number of nitrogens with one attached hydrogen (secondary N) is 1. The quantitative estimate of drug-likeness (QED) is 0.827. The van der Waals surface area contributed by atoms with Crippen LogP contribution in [0.4, 0.5) is 17.6 Å². The maximum atomic E-state index is 13.4. The number of carboxylic acid groups (broad SMARTS) is 1. The molecule has 0 saturated carbocycles. The second kappa shape index (κ2) is 5.37. The standard InChI is InChI=1S/C10H9F4NO4S/c1-5(9(16)17)15-20(18,19)8-4-6(10(12,13)14)2-3-7(8)11/h2-5,15H,1H3,(H,16,17). The number of hydrogen-bond acceptors (Lipinski definition) is 3. The van der Waals surface area contributed by atoms with Crippen LogP contribution in [0, 0.1) is 5.82 Å². The molecule has 0 aromatic heterocycles. The third kappa shape index (κ3) is 3.67. The van der Waals surface area contributed by atoms with Gasteiger partial charge < -0.3 is 5.11 Å². The molecule has 1 atom stereocenters. The highest BCUT2D eigenvalue weighted by Gasteiger charge is 2.33. The molecule has 0 spiro atoms. The molecule has 2 N–H and O–H groups in total. The van der Waals surface area contributed by atoms with E-state index >= 15 is 0 Å². The van der Waals surface area contributed by atoms with E-state index in [1.165, 1.54) is 0 Å². The fourth-order valence-corrected chi connectivity index (χ4v) is 2.53. The average Bonchev–Trinajstić information content (AvgIpc) is 2.26. The van der Waals surface area contributed by atoms with Gasteiger partial charge >= 0.3 is 12.1 Å². The number of alkyl halides is 3. The molecular weight excluding hydrogens is 306 g/mol. The van der Waals surface area contributed by atoms with E-state index in [2.05, 4.69) is 0 Å². The minimum atomic E-state index is -4.85. The van der Waals surface area contributed by atoms with Crippen LogP contribution in [0.25, 0.3) is 0 Å². The molecule has 0 saturated heterocycles. The monoisotopic (exact) mass is 315 g/mol. The Morgan fingerprint density at radius 2 is 1.90 bits per heavy atom. The Morgan fingerprint density at radius 1 is 1.35 bits per heavy atom. The van der Waals surface area contributed by atoms with E-state index in [0.717, 1.165) is 6.92 Å². The Bertz CT molecular complexity index is 627. The van der Waals surface area contributed by atoms with E-state index in [0.29, 0.717) is 12.1 Å². The average molecular weight is 315 g/mol. The van der Waals surface area contributed by atoms with Crippen molar-refractivity contribution < 1.29 is 35.9 Å². The molecule has 1 unspecified atom stereocenters. The summed E-state index contributed by atoms with van der Waals surface area (Å²) in [6, 6.07) is -0.779. The molecule has 1 rings (SSSR count). The number of rotatable bonds is 4. The first kappa shape index (κ1) is 16.4. The topological polar surface area (TPSA) is 83.5 Å². The lowest BCUT2D eigenvalue weighted by Crippen LogP contribution is -2.38. The number of carbonyl (C=O) groups is 1. The first-order valence-corrected chi connectivity index (χ1v) is 6.55. The third-order valence-corrected chi connectivity index (χ3v) is 3.81. The molecule has 0 amide bonds. The van der Waals surface area contributed by atoms with E-state index in [1.54, 1.807) is 4.72 Å². The van der Waals surface area contributed by atoms with Gasteiger partial charge in [-0.25, -0.2) is 12.8 Å². The lowest BCUT2D eigenvalue weighted by atomic mass is 10.2. The van der Waals surface area contributed by atoms with Gasteiger partial charge in [0, 0.05) is 0 Å². The summed E-state index contributed by atoms with van der Waals surface area (Å²) in [5.74, 6) is -2.97. The highest BCUT2D eigenvalue weighted by atomic mass is 32.2. The summed E-state index contributed by atoms with van der Waals surface area (Å²) in [5.41, 5.74) is -1.36. The molecule has 1 aromatic carbocycles. The van der Waals surface area contributed by atoms with E-state index in [1.807, 2.05) is 0 Å². The van der Waals surface area contributed by atoms with Crippen LogP contribution in [0.1, 0.15) is 12.5 Å². The second-order valence-corrected chi connectivity index (χ2v) is 5.51. The molecule has 112 valence electrons. The minimum Gasteiger partial charge on any atom is -0.480 e. The van der Waals surface area contributed by atoms with Gasteiger partial charge in [0.2, 0.25) is 10.0 Å². The predicted molar refractivity (Wildman–Crippen MR) is 58.8 cm³/mol. The molecule has 0 aliphatic carbocycles. The minimum absolute atomic E-state index is 0.103. The van der Waals surface area contributed by atoms with Crippen LogP contribution in [0.3, 0.4) is 0 Å². The van der Waals surface area contributed by atoms with Gasteiger partial charge in [-0.15, -0.1) is 0 Å². The predicted octanol–water partition coefficient (Wildman–Crippen LogP) is 1.60. The third-order valence-electron chi connectivity index (χ3n) is 2.25.